The van der Waals surface area contributed by atoms with Gasteiger partial charge in [-0.2, -0.15) is 0 Å². The smallest absolute Gasteiger partial charge is 0.248 e. The van der Waals surface area contributed by atoms with E-state index in [-0.39, 0.29) is 0 Å². The molecule has 0 N–H and O–H groups in total. The van der Waals surface area contributed by atoms with Gasteiger partial charge in [0.2, 0.25) is 29.5 Å². The molecular formula is C66H40N9O3-. The molecule has 0 bridgehead atoms. The number of benzene rings is 10. The molecule has 0 fully saturated rings. The Morgan fingerprint density at radius 3 is 1.03 bits per heavy atom. The van der Waals surface area contributed by atoms with Gasteiger partial charge in [-0.15, -0.1) is 20.4 Å². The number of hydrogen-bond acceptors (Lipinski definition) is 8. The van der Waals surface area contributed by atoms with Gasteiger partial charge in [-0.25, -0.2) is 0 Å². The van der Waals surface area contributed by atoms with Crippen LogP contribution in [0.1, 0.15) is 17.4 Å². The van der Waals surface area contributed by atoms with Crippen molar-refractivity contribution in [3.05, 3.63) is 253 Å². The van der Waals surface area contributed by atoms with Crippen molar-refractivity contribution in [2.45, 2.75) is 6.23 Å². The van der Waals surface area contributed by atoms with E-state index in [1.54, 1.807) is 0 Å². The number of nitrogens with zero attached hydrogens (tertiary/aromatic N) is 9. The lowest BCUT2D eigenvalue weighted by molar-refractivity contribution is 0.252. The zero-order valence-electron chi connectivity index (χ0n) is 41.3. The van der Waals surface area contributed by atoms with E-state index in [1.165, 1.54) is 0 Å². The van der Waals surface area contributed by atoms with Crippen LogP contribution in [0.2, 0.25) is 0 Å². The molecule has 1 unspecified atom stereocenters. The number of ether oxygens (including phenoxy) is 1. The third-order valence-corrected chi connectivity index (χ3v) is 14.9. The maximum absolute atomic E-state index is 6.34. The molecule has 0 aliphatic carbocycles. The zero-order chi connectivity index (χ0) is 51.3. The number of rotatable bonds is 9. The van der Waals surface area contributed by atoms with Crippen LogP contribution in [0.5, 0.6) is 0 Å². The molecule has 0 saturated carbocycles. The van der Waals surface area contributed by atoms with Gasteiger partial charge in [0.1, 0.15) is 0 Å². The molecule has 12 heteroatoms. The van der Waals surface area contributed by atoms with Gasteiger partial charge >= 0.3 is 0 Å². The van der Waals surface area contributed by atoms with Crippen LogP contribution in [0.15, 0.2) is 251 Å². The highest BCUT2D eigenvalue weighted by Crippen LogP contribution is 2.50. The summed E-state index contributed by atoms with van der Waals surface area (Å²) in [6.07, 6.45) is -0.497. The third kappa shape index (κ3) is 6.76. The first-order valence-corrected chi connectivity index (χ1v) is 25.7. The largest absolute Gasteiger partial charge is 0.560 e. The molecule has 78 heavy (non-hydrogen) atoms. The lowest BCUT2D eigenvalue weighted by atomic mass is 10.0. The Bertz CT molecular complexity index is 4670. The predicted molar refractivity (Wildman–Crippen MR) is 307 cm³/mol. The van der Waals surface area contributed by atoms with Gasteiger partial charge in [0.15, 0.2) is 0 Å². The third-order valence-electron chi connectivity index (χ3n) is 14.9. The Labute approximate surface area is 444 Å². The van der Waals surface area contributed by atoms with Crippen molar-refractivity contribution < 1.29 is 13.6 Å². The van der Waals surface area contributed by atoms with Crippen molar-refractivity contribution in [3.8, 4) is 62.9 Å². The summed E-state index contributed by atoms with van der Waals surface area (Å²) in [7, 11) is 0. The minimum absolute atomic E-state index is 0.448. The van der Waals surface area contributed by atoms with E-state index in [2.05, 4.69) is 190 Å². The van der Waals surface area contributed by atoms with Gasteiger partial charge in [-0.3, -0.25) is 0 Å². The van der Waals surface area contributed by atoms with E-state index in [4.69, 9.17) is 13.6 Å². The molecule has 368 valence electrons. The minimum Gasteiger partial charge on any atom is -0.560 e. The van der Waals surface area contributed by atoms with Crippen molar-refractivity contribution in [3.63, 3.8) is 0 Å². The quantitative estimate of drug-likeness (QED) is 0.141. The molecular weight excluding hydrogens is 967 g/mol. The lowest BCUT2D eigenvalue weighted by Crippen LogP contribution is -2.05. The van der Waals surface area contributed by atoms with E-state index < -0.39 is 6.23 Å². The summed E-state index contributed by atoms with van der Waals surface area (Å²) in [5, 5.41) is 29.0. The summed E-state index contributed by atoms with van der Waals surface area (Å²) in [6.45, 7) is 0. The summed E-state index contributed by atoms with van der Waals surface area (Å²) in [5.41, 5.74) is 19.0. The SMILES string of the molecule is c1ccc(-c2nnc(-c3ccc(-n4c5ccccc5c5c6c(c7ccccc7n6-c6ccc(C7=N[N-]C(c8ccccc8)O7)cc6)c6c(c7ccccc7n6-c6ccc(-c7nnc(-c8ccccc8)o7)cc6)c54)cc3)o2)cc1. The maximum Gasteiger partial charge on any atom is 0.248 e. The fraction of sp³-hybridized carbons (Fsp3) is 0.0152. The van der Waals surface area contributed by atoms with Crippen LogP contribution in [-0.2, 0) is 4.74 Å². The Morgan fingerprint density at radius 1 is 0.321 bits per heavy atom. The van der Waals surface area contributed by atoms with Crippen LogP contribution >= 0.6 is 0 Å². The monoisotopic (exact) mass is 1010 g/mol. The standard InChI is InChI=1S/C66H40N9O3/c1-4-16-40(17-5-1)61-67-70-64(76-61)43-28-34-46(35-29-43)73-52-25-13-10-22-49(52)55-58(73)56-50-23-11-14-26-53(50)74(47-36-30-44(31-37-47)65-71-68-62(77-65)41-18-6-2-7-19-41)60(56)57-51-24-12-15-27-54(51)75(59(55)57)48-38-32-45(33-39-48)66-72-69-63(78-66)42-20-8-3-9-21-42/h1-39,61H/q-1. The highest BCUT2D eigenvalue weighted by atomic mass is 16.5. The number of para-hydroxylation sites is 3. The summed E-state index contributed by atoms with van der Waals surface area (Å²) in [5.74, 6) is 2.32. The fourth-order valence-corrected chi connectivity index (χ4v) is 11.4. The Hall–Kier alpha value is -10.9. The lowest BCUT2D eigenvalue weighted by Gasteiger charge is -2.20. The normalized spacial score (nSPS) is 13.5. The molecule has 10 aromatic carbocycles. The van der Waals surface area contributed by atoms with Gasteiger partial charge in [-0.05, 0) is 121 Å². The molecule has 0 amide bonds. The van der Waals surface area contributed by atoms with Crippen LogP contribution < -0.4 is 0 Å². The average Bonchev–Trinajstić information content (AvgIpc) is 3.42. The second-order valence-electron chi connectivity index (χ2n) is 19.3. The van der Waals surface area contributed by atoms with Crippen LogP contribution in [0.3, 0.4) is 0 Å². The first-order valence-electron chi connectivity index (χ1n) is 25.7. The molecule has 1 aliphatic rings. The van der Waals surface area contributed by atoms with Crippen LogP contribution in [-0.4, -0.2) is 40.0 Å². The molecule has 0 saturated heterocycles. The van der Waals surface area contributed by atoms with Crippen molar-refractivity contribution >= 4 is 71.3 Å². The molecule has 0 radical (unpaired) electrons. The van der Waals surface area contributed by atoms with Gasteiger partial charge < -0.3 is 37.8 Å². The molecule has 5 aromatic heterocycles. The topological polar surface area (TPSA) is 128 Å². The molecule has 12 nitrogen and oxygen atoms in total. The molecule has 1 aliphatic heterocycles. The van der Waals surface area contributed by atoms with E-state index in [1.807, 2.05) is 91.0 Å². The van der Waals surface area contributed by atoms with E-state index in [0.29, 0.717) is 29.5 Å². The van der Waals surface area contributed by atoms with Crippen molar-refractivity contribution in [1.29, 1.82) is 0 Å². The second kappa shape index (κ2) is 17.4. The van der Waals surface area contributed by atoms with Crippen molar-refractivity contribution in [2.24, 2.45) is 5.10 Å². The van der Waals surface area contributed by atoms with Crippen LogP contribution in [0.25, 0.3) is 134 Å². The average molecular weight is 1010 g/mol. The summed E-state index contributed by atoms with van der Waals surface area (Å²) in [6, 6.07) is 81.2. The number of hydrogen-bond donors (Lipinski definition) is 0. The van der Waals surface area contributed by atoms with Gasteiger partial charge in [0, 0.05) is 77.2 Å². The Morgan fingerprint density at radius 2 is 0.641 bits per heavy atom. The van der Waals surface area contributed by atoms with Crippen LogP contribution in [0, 0.1) is 0 Å². The fourth-order valence-electron chi connectivity index (χ4n) is 11.4. The van der Waals surface area contributed by atoms with Gasteiger partial charge in [0.05, 0.1) is 39.3 Å². The predicted octanol–water partition coefficient (Wildman–Crippen LogP) is 16.2. The molecule has 0 spiro atoms. The Balaban J connectivity index is 0.948. The molecule has 15 aromatic rings. The van der Waals surface area contributed by atoms with E-state index >= 15 is 0 Å². The first kappa shape index (κ1) is 43.5. The van der Waals surface area contributed by atoms with Crippen molar-refractivity contribution in [1.82, 2.24) is 34.1 Å². The molecule has 1 atom stereocenters. The van der Waals surface area contributed by atoms with Crippen LogP contribution in [0.4, 0.5) is 0 Å². The van der Waals surface area contributed by atoms with E-state index in [9.17, 15) is 0 Å². The summed E-state index contributed by atoms with van der Waals surface area (Å²) in [4.78, 5) is 0. The van der Waals surface area contributed by atoms with E-state index in [0.717, 1.165) is 116 Å². The first-order chi connectivity index (χ1) is 38.7. The Kier molecular flexibility index (Phi) is 9.69. The summed E-state index contributed by atoms with van der Waals surface area (Å²) < 4.78 is 26.1. The maximum atomic E-state index is 6.34. The highest BCUT2D eigenvalue weighted by Gasteiger charge is 2.29. The van der Waals surface area contributed by atoms with Gasteiger partial charge in [-0.1, -0.05) is 121 Å². The van der Waals surface area contributed by atoms with Gasteiger partial charge in [0.25, 0.3) is 0 Å². The molecule has 6 heterocycles. The highest BCUT2D eigenvalue weighted by molar-refractivity contribution is 6.40. The minimum atomic E-state index is -0.497. The number of fused-ring (bicyclic) bond motifs is 12. The summed E-state index contributed by atoms with van der Waals surface area (Å²) >= 11 is 0. The second-order valence-corrected chi connectivity index (χ2v) is 19.3. The zero-order valence-corrected chi connectivity index (χ0v) is 41.3. The van der Waals surface area contributed by atoms with Crippen molar-refractivity contribution in [2.75, 3.05) is 0 Å². The molecule has 16 rings (SSSR count). The number of aromatic nitrogens is 7.